The van der Waals surface area contributed by atoms with Crippen LogP contribution in [0.3, 0.4) is 0 Å². The fraction of sp³-hybridized carbons (Fsp3) is 0.750. The normalized spacial score (nSPS) is 21.9. The molecular formula is C16H26N2O3. The second-order valence-corrected chi connectivity index (χ2v) is 6.35. The van der Waals surface area contributed by atoms with E-state index in [9.17, 15) is 14.7 Å². The SMILES string of the molecule is CCCC1(C(=O)O)CCN(C(=O)N2CC=C(C)CC2)CC1. The maximum absolute atomic E-state index is 12.5. The summed E-state index contributed by atoms with van der Waals surface area (Å²) in [6.07, 6.45) is 5.76. The lowest BCUT2D eigenvalue weighted by atomic mass is 9.75. The number of likely N-dealkylation sites (tertiary alicyclic amines) is 1. The summed E-state index contributed by atoms with van der Waals surface area (Å²) < 4.78 is 0. The van der Waals surface area contributed by atoms with Crippen molar-refractivity contribution in [3.63, 3.8) is 0 Å². The smallest absolute Gasteiger partial charge is 0.320 e. The molecule has 0 spiro atoms. The van der Waals surface area contributed by atoms with E-state index in [0.717, 1.165) is 19.4 Å². The fourth-order valence-electron chi connectivity index (χ4n) is 3.32. The quantitative estimate of drug-likeness (QED) is 0.814. The molecule has 0 aromatic carbocycles. The van der Waals surface area contributed by atoms with Gasteiger partial charge in [0.05, 0.1) is 5.41 Å². The molecule has 0 aromatic heterocycles. The van der Waals surface area contributed by atoms with Gasteiger partial charge in [-0.25, -0.2) is 4.79 Å². The summed E-state index contributed by atoms with van der Waals surface area (Å²) in [5, 5.41) is 9.50. The largest absolute Gasteiger partial charge is 0.481 e. The Kier molecular flexibility index (Phi) is 4.91. The monoisotopic (exact) mass is 294 g/mol. The van der Waals surface area contributed by atoms with Crippen LogP contribution < -0.4 is 0 Å². The number of aliphatic carboxylic acids is 1. The van der Waals surface area contributed by atoms with E-state index in [1.807, 2.05) is 16.7 Å². The first-order valence-corrected chi connectivity index (χ1v) is 7.91. The summed E-state index contributed by atoms with van der Waals surface area (Å²) >= 11 is 0. The van der Waals surface area contributed by atoms with Crippen molar-refractivity contribution in [1.82, 2.24) is 9.80 Å². The highest BCUT2D eigenvalue weighted by molar-refractivity contribution is 5.77. The van der Waals surface area contributed by atoms with E-state index in [2.05, 4.69) is 13.0 Å². The third-order valence-electron chi connectivity index (χ3n) is 4.88. The van der Waals surface area contributed by atoms with Gasteiger partial charge in [-0.05, 0) is 32.6 Å². The van der Waals surface area contributed by atoms with Crippen molar-refractivity contribution in [1.29, 1.82) is 0 Å². The van der Waals surface area contributed by atoms with Gasteiger partial charge in [0.15, 0.2) is 0 Å². The Hall–Kier alpha value is -1.52. The van der Waals surface area contributed by atoms with Crippen LogP contribution in [-0.2, 0) is 4.79 Å². The molecule has 118 valence electrons. The molecule has 0 unspecified atom stereocenters. The van der Waals surface area contributed by atoms with Gasteiger partial charge >= 0.3 is 12.0 Å². The van der Waals surface area contributed by atoms with Crippen LogP contribution in [0.25, 0.3) is 0 Å². The maximum Gasteiger partial charge on any atom is 0.320 e. The van der Waals surface area contributed by atoms with Crippen LogP contribution in [0, 0.1) is 5.41 Å². The molecule has 1 saturated heterocycles. The Bertz CT molecular complexity index is 437. The highest BCUT2D eigenvalue weighted by Crippen LogP contribution is 2.36. The molecule has 1 N–H and O–H groups in total. The molecule has 2 rings (SSSR count). The van der Waals surface area contributed by atoms with Crippen molar-refractivity contribution < 1.29 is 14.7 Å². The lowest BCUT2D eigenvalue weighted by molar-refractivity contribution is -0.152. The van der Waals surface area contributed by atoms with Gasteiger partial charge in [0, 0.05) is 26.2 Å². The van der Waals surface area contributed by atoms with Gasteiger partial charge in [0.1, 0.15) is 0 Å². The molecule has 0 aromatic rings. The molecule has 2 heterocycles. The Morgan fingerprint density at radius 3 is 2.38 bits per heavy atom. The van der Waals surface area contributed by atoms with Crippen molar-refractivity contribution in [2.45, 2.75) is 46.0 Å². The zero-order valence-corrected chi connectivity index (χ0v) is 13.1. The van der Waals surface area contributed by atoms with Gasteiger partial charge in [-0.2, -0.15) is 0 Å². The average molecular weight is 294 g/mol. The van der Waals surface area contributed by atoms with Crippen LogP contribution in [0.4, 0.5) is 4.79 Å². The number of hydrogen-bond donors (Lipinski definition) is 1. The first kappa shape index (κ1) is 15.9. The standard InChI is InChI=1S/C16H26N2O3/c1-3-6-16(14(19)20)7-11-18(12-8-16)15(21)17-9-4-13(2)5-10-17/h4H,3,5-12H2,1-2H3,(H,19,20). The second-order valence-electron chi connectivity index (χ2n) is 6.35. The first-order chi connectivity index (χ1) is 9.98. The zero-order chi connectivity index (χ0) is 15.5. The first-order valence-electron chi connectivity index (χ1n) is 7.91. The Morgan fingerprint density at radius 2 is 1.90 bits per heavy atom. The number of nitrogens with zero attached hydrogens (tertiary/aromatic N) is 2. The average Bonchev–Trinajstić information content (AvgIpc) is 2.48. The predicted octanol–water partition coefficient (Wildman–Crippen LogP) is 2.73. The molecule has 0 saturated carbocycles. The summed E-state index contributed by atoms with van der Waals surface area (Å²) in [5.41, 5.74) is 0.717. The minimum absolute atomic E-state index is 0.0641. The number of carboxylic acid groups (broad SMARTS) is 1. The molecule has 5 nitrogen and oxygen atoms in total. The highest BCUT2D eigenvalue weighted by atomic mass is 16.4. The molecule has 0 atom stereocenters. The van der Waals surface area contributed by atoms with E-state index >= 15 is 0 Å². The Balaban J connectivity index is 1.94. The molecule has 5 heteroatoms. The lowest BCUT2D eigenvalue weighted by Crippen LogP contribution is -2.51. The molecular weight excluding hydrogens is 268 g/mol. The lowest BCUT2D eigenvalue weighted by Gasteiger charge is -2.41. The maximum atomic E-state index is 12.5. The minimum Gasteiger partial charge on any atom is -0.481 e. The van der Waals surface area contributed by atoms with Crippen molar-refractivity contribution >= 4 is 12.0 Å². The van der Waals surface area contributed by atoms with E-state index in [0.29, 0.717) is 38.9 Å². The number of carbonyl (C=O) groups excluding carboxylic acids is 1. The molecule has 1 fully saturated rings. The van der Waals surface area contributed by atoms with Gasteiger partial charge in [-0.1, -0.05) is 25.0 Å². The van der Waals surface area contributed by atoms with E-state index < -0.39 is 11.4 Å². The van der Waals surface area contributed by atoms with Gasteiger partial charge in [0.25, 0.3) is 0 Å². The topological polar surface area (TPSA) is 60.9 Å². The van der Waals surface area contributed by atoms with Crippen molar-refractivity contribution in [2.75, 3.05) is 26.2 Å². The van der Waals surface area contributed by atoms with E-state index in [4.69, 9.17) is 0 Å². The van der Waals surface area contributed by atoms with Gasteiger partial charge < -0.3 is 14.9 Å². The third-order valence-corrected chi connectivity index (χ3v) is 4.88. The minimum atomic E-state index is -0.701. The van der Waals surface area contributed by atoms with Crippen molar-refractivity contribution in [3.05, 3.63) is 11.6 Å². The molecule has 0 aliphatic carbocycles. The van der Waals surface area contributed by atoms with Crippen LogP contribution >= 0.6 is 0 Å². The molecule has 0 radical (unpaired) electrons. The summed E-state index contributed by atoms with van der Waals surface area (Å²) in [5.74, 6) is -0.701. The molecule has 0 bridgehead atoms. The molecule has 2 amide bonds. The number of urea groups is 1. The van der Waals surface area contributed by atoms with Crippen molar-refractivity contribution in [3.8, 4) is 0 Å². The number of carboxylic acids is 1. The third kappa shape index (κ3) is 3.39. The summed E-state index contributed by atoms with van der Waals surface area (Å²) in [6.45, 7) is 6.69. The van der Waals surface area contributed by atoms with Crippen molar-refractivity contribution in [2.24, 2.45) is 5.41 Å². The number of rotatable bonds is 3. The van der Waals surface area contributed by atoms with E-state index in [-0.39, 0.29) is 6.03 Å². The zero-order valence-electron chi connectivity index (χ0n) is 13.1. The second kappa shape index (κ2) is 6.50. The highest BCUT2D eigenvalue weighted by Gasteiger charge is 2.42. The van der Waals surface area contributed by atoms with Gasteiger partial charge in [0.2, 0.25) is 0 Å². The number of piperidine rings is 1. The van der Waals surface area contributed by atoms with Gasteiger partial charge in [-0.15, -0.1) is 0 Å². The van der Waals surface area contributed by atoms with Gasteiger partial charge in [-0.3, -0.25) is 4.79 Å². The number of carbonyl (C=O) groups is 2. The number of hydrogen-bond acceptors (Lipinski definition) is 2. The Labute approximate surface area is 126 Å². The number of amides is 2. The van der Waals surface area contributed by atoms with Crippen LogP contribution in [0.2, 0.25) is 0 Å². The summed E-state index contributed by atoms with van der Waals surface area (Å²) in [6, 6.07) is 0.0641. The van der Waals surface area contributed by atoms with E-state index in [1.165, 1.54) is 5.57 Å². The van der Waals surface area contributed by atoms with Crippen LogP contribution in [0.15, 0.2) is 11.6 Å². The molecule has 21 heavy (non-hydrogen) atoms. The summed E-state index contributed by atoms with van der Waals surface area (Å²) in [7, 11) is 0. The van der Waals surface area contributed by atoms with Crippen LogP contribution in [0.1, 0.15) is 46.0 Å². The molecule has 2 aliphatic rings. The van der Waals surface area contributed by atoms with Crippen LogP contribution in [-0.4, -0.2) is 53.1 Å². The van der Waals surface area contributed by atoms with E-state index in [1.54, 1.807) is 0 Å². The fourth-order valence-corrected chi connectivity index (χ4v) is 3.32. The summed E-state index contributed by atoms with van der Waals surface area (Å²) in [4.78, 5) is 27.7. The van der Waals surface area contributed by atoms with Crippen LogP contribution in [0.5, 0.6) is 0 Å². The Morgan fingerprint density at radius 1 is 1.24 bits per heavy atom. The predicted molar refractivity (Wildman–Crippen MR) is 81.1 cm³/mol. The molecule has 2 aliphatic heterocycles.